The molecule has 52 valence electrons. The SMILES string of the molecule is C[C@@]1(O)CC[C@H]2CC[C@H]21. The molecule has 0 aromatic heterocycles. The van der Waals surface area contributed by atoms with E-state index >= 15 is 0 Å². The maximum atomic E-state index is 9.68. The highest BCUT2D eigenvalue weighted by Crippen LogP contribution is 2.52. The second kappa shape index (κ2) is 1.51. The summed E-state index contributed by atoms with van der Waals surface area (Å²) in [7, 11) is 0. The summed E-state index contributed by atoms with van der Waals surface area (Å²) < 4.78 is 0. The first kappa shape index (κ1) is 5.72. The fourth-order valence-electron chi connectivity index (χ4n) is 2.40. The first-order valence-electron chi connectivity index (χ1n) is 3.92. The third-order valence-corrected chi connectivity index (χ3v) is 3.24. The van der Waals surface area contributed by atoms with E-state index in [-0.39, 0.29) is 5.60 Å². The summed E-state index contributed by atoms with van der Waals surface area (Å²) in [6, 6.07) is 0. The maximum absolute atomic E-state index is 9.68. The van der Waals surface area contributed by atoms with Gasteiger partial charge in [0.2, 0.25) is 0 Å². The smallest absolute Gasteiger partial charge is 0.0650 e. The molecular weight excluding hydrogens is 112 g/mol. The molecule has 0 aromatic carbocycles. The van der Waals surface area contributed by atoms with Crippen LogP contribution in [0, 0.1) is 11.8 Å². The van der Waals surface area contributed by atoms with Gasteiger partial charge in [-0.2, -0.15) is 0 Å². The molecule has 1 nitrogen and oxygen atoms in total. The van der Waals surface area contributed by atoms with Crippen LogP contribution in [0.15, 0.2) is 0 Å². The van der Waals surface area contributed by atoms with Crippen LogP contribution in [0.2, 0.25) is 0 Å². The Balaban J connectivity index is 2.14. The minimum Gasteiger partial charge on any atom is -0.390 e. The standard InChI is InChI=1S/C8H14O/c1-8(9)5-4-6-2-3-7(6)8/h6-7,9H,2-5H2,1H3/t6-,7-,8-/m1/s1. The molecule has 0 aromatic rings. The first-order valence-corrected chi connectivity index (χ1v) is 3.92. The minimum atomic E-state index is -0.289. The lowest BCUT2D eigenvalue weighted by molar-refractivity contribution is -0.0228. The molecular formula is C8H14O. The van der Waals surface area contributed by atoms with Gasteiger partial charge in [-0.15, -0.1) is 0 Å². The lowest BCUT2D eigenvalue weighted by Gasteiger charge is -2.37. The van der Waals surface area contributed by atoms with E-state index in [4.69, 9.17) is 0 Å². The summed E-state index contributed by atoms with van der Waals surface area (Å²) in [5.74, 6) is 1.55. The second-order valence-corrected chi connectivity index (χ2v) is 3.84. The van der Waals surface area contributed by atoms with Crippen molar-refractivity contribution in [1.82, 2.24) is 0 Å². The highest BCUT2D eigenvalue weighted by Gasteiger charge is 2.48. The van der Waals surface area contributed by atoms with E-state index in [1.54, 1.807) is 0 Å². The fraction of sp³-hybridized carbons (Fsp3) is 1.00. The Morgan fingerprint density at radius 1 is 1.33 bits per heavy atom. The zero-order chi connectivity index (χ0) is 6.48. The van der Waals surface area contributed by atoms with Crippen molar-refractivity contribution in [2.45, 2.75) is 38.2 Å². The van der Waals surface area contributed by atoms with Crippen molar-refractivity contribution in [3.8, 4) is 0 Å². The Labute approximate surface area is 56.1 Å². The van der Waals surface area contributed by atoms with Crippen molar-refractivity contribution in [3.05, 3.63) is 0 Å². The maximum Gasteiger partial charge on any atom is 0.0650 e. The van der Waals surface area contributed by atoms with Gasteiger partial charge in [0.25, 0.3) is 0 Å². The van der Waals surface area contributed by atoms with Gasteiger partial charge in [0.15, 0.2) is 0 Å². The summed E-state index contributed by atoms with van der Waals surface area (Å²) in [6.07, 6.45) is 4.97. The van der Waals surface area contributed by atoms with Gasteiger partial charge in [-0.1, -0.05) is 0 Å². The summed E-state index contributed by atoms with van der Waals surface area (Å²) in [4.78, 5) is 0. The van der Waals surface area contributed by atoms with E-state index in [1.165, 1.54) is 19.3 Å². The van der Waals surface area contributed by atoms with Gasteiger partial charge in [0.05, 0.1) is 5.60 Å². The largest absolute Gasteiger partial charge is 0.390 e. The van der Waals surface area contributed by atoms with Gasteiger partial charge in [0, 0.05) is 0 Å². The third-order valence-electron chi connectivity index (χ3n) is 3.24. The molecule has 0 bridgehead atoms. The average Bonchev–Trinajstić information content (AvgIpc) is 1.74. The Morgan fingerprint density at radius 2 is 2.11 bits per heavy atom. The molecule has 2 fully saturated rings. The molecule has 2 aliphatic rings. The van der Waals surface area contributed by atoms with Crippen LogP contribution in [0.3, 0.4) is 0 Å². The van der Waals surface area contributed by atoms with E-state index in [2.05, 4.69) is 0 Å². The summed E-state index contributed by atoms with van der Waals surface area (Å²) in [5, 5.41) is 9.68. The predicted molar refractivity (Wildman–Crippen MR) is 36.1 cm³/mol. The van der Waals surface area contributed by atoms with Gasteiger partial charge >= 0.3 is 0 Å². The first-order chi connectivity index (χ1) is 4.20. The molecule has 0 unspecified atom stereocenters. The molecule has 1 heteroatoms. The summed E-state index contributed by atoms with van der Waals surface area (Å²) in [5.41, 5.74) is -0.289. The zero-order valence-electron chi connectivity index (χ0n) is 5.93. The lowest BCUT2D eigenvalue weighted by Crippen LogP contribution is -2.37. The van der Waals surface area contributed by atoms with Crippen LogP contribution in [0.25, 0.3) is 0 Å². The van der Waals surface area contributed by atoms with Crippen molar-refractivity contribution in [2.24, 2.45) is 11.8 Å². The van der Waals surface area contributed by atoms with Gasteiger partial charge in [-0.05, 0) is 44.4 Å². The molecule has 0 radical (unpaired) electrons. The highest BCUT2D eigenvalue weighted by atomic mass is 16.3. The van der Waals surface area contributed by atoms with Crippen molar-refractivity contribution in [3.63, 3.8) is 0 Å². The molecule has 0 saturated heterocycles. The van der Waals surface area contributed by atoms with Gasteiger partial charge in [0.1, 0.15) is 0 Å². The Bertz CT molecular complexity index is 129. The van der Waals surface area contributed by atoms with Crippen molar-refractivity contribution < 1.29 is 5.11 Å². The number of aliphatic hydroxyl groups is 1. The van der Waals surface area contributed by atoms with Gasteiger partial charge < -0.3 is 5.11 Å². The predicted octanol–water partition coefficient (Wildman–Crippen LogP) is 1.56. The number of fused-ring (bicyclic) bond motifs is 1. The molecule has 2 rings (SSSR count). The Hall–Kier alpha value is -0.0400. The van der Waals surface area contributed by atoms with E-state index < -0.39 is 0 Å². The Morgan fingerprint density at radius 3 is 2.33 bits per heavy atom. The molecule has 2 aliphatic carbocycles. The van der Waals surface area contributed by atoms with E-state index in [1.807, 2.05) is 6.92 Å². The molecule has 0 aliphatic heterocycles. The van der Waals surface area contributed by atoms with E-state index in [0.717, 1.165) is 12.3 Å². The van der Waals surface area contributed by atoms with Crippen molar-refractivity contribution in [1.29, 1.82) is 0 Å². The molecule has 0 spiro atoms. The third kappa shape index (κ3) is 0.644. The van der Waals surface area contributed by atoms with Gasteiger partial charge in [-0.3, -0.25) is 0 Å². The van der Waals surface area contributed by atoms with Crippen molar-refractivity contribution >= 4 is 0 Å². The van der Waals surface area contributed by atoms with E-state index in [0.29, 0.717) is 5.92 Å². The molecule has 2 saturated carbocycles. The fourth-order valence-corrected chi connectivity index (χ4v) is 2.40. The van der Waals surface area contributed by atoms with Crippen LogP contribution in [0.5, 0.6) is 0 Å². The van der Waals surface area contributed by atoms with Crippen LogP contribution in [-0.4, -0.2) is 10.7 Å². The Kier molecular flexibility index (Phi) is 0.963. The topological polar surface area (TPSA) is 20.2 Å². The molecule has 9 heavy (non-hydrogen) atoms. The minimum absolute atomic E-state index is 0.289. The molecule has 0 amide bonds. The lowest BCUT2D eigenvalue weighted by atomic mass is 9.71. The van der Waals surface area contributed by atoms with Gasteiger partial charge in [-0.25, -0.2) is 0 Å². The number of hydrogen-bond donors (Lipinski definition) is 1. The number of rotatable bonds is 0. The summed E-state index contributed by atoms with van der Waals surface area (Å²) >= 11 is 0. The van der Waals surface area contributed by atoms with Crippen LogP contribution in [0.4, 0.5) is 0 Å². The zero-order valence-corrected chi connectivity index (χ0v) is 5.93. The molecule has 1 N–H and O–H groups in total. The highest BCUT2D eigenvalue weighted by molar-refractivity contribution is 4.99. The van der Waals surface area contributed by atoms with Crippen LogP contribution >= 0.6 is 0 Å². The monoisotopic (exact) mass is 126 g/mol. The van der Waals surface area contributed by atoms with Crippen LogP contribution < -0.4 is 0 Å². The van der Waals surface area contributed by atoms with Crippen molar-refractivity contribution in [2.75, 3.05) is 0 Å². The molecule has 3 atom stereocenters. The van der Waals surface area contributed by atoms with Crippen LogP contribution in [-0.2, 0) is 0 Å². The average molecular weight is 126 g/mol. The second-order valence-electron chi connectivity index (χ2n) is 3.84. The number of hydrogen-bond acceptors (Lipinski definition) is 1. The normalized spacial score (nSPS) is 56.7. The quantitative estimate of drug-likeness (QED) is 0.522. The molecule has 0 heterocycles. The van der Waals surface area contributed by atoms with E-state index in [9.17, 15) is 5.11 Å². The summed E-state index contributed by atoms with van der Waals surface area (Å²) in [6.45, 7) is 2.00. The van der Waals surface area contributed by atoms with Crippen LogP contribution in [0.1, 0.15) is 32.6 Å².